The number of aryl methyl sites for hydroxylation is 1. The molecular formula is C33H32FN5O2. The van der Waals surface area contributed by atoms with E-state index in [9.17, 15) is 4.79 Å². The minimum atomic E-state index is -0.489. The summed E-state index contributed by atoms with van der Waals surface area (Å²) in [5.41, 5.74) is 6.08. The zero-order valence-corrected chi connectivity index (χ0v) is 23.0. The molecule has 0 unspecified atom stereocenters. The van der Waals surface area contributed by atoms with Crippen LogP contribution in [-0.4, -0.2) is 47.1 Å². The summed E-state index contributed by atoms with van der Waals surface area (Å²) in [6.07, 6.45) is 2.04. The highest BCUT2D eigenvalue weighted by atomic mass is 19.1. The van der Waals surface area contributed by atoms with Gasteiger partial charge in [0.2, 0.25) is 5.95 Å². The summed E-state index contributed by atoms with van der Waals surface area (Å²) in [6.45, 7) is 6.01. The van der Waals surface area contributed by atoms with Gasteiger partial charge >= 0.3 is 0 Å². The van der Waals surface area contributed by atoms with Crippen LogP contribution in [0.2, 0.25) is 0 Å². The van der Waals surface area contributed by atoms with Crippen molar-refractivity contribution in [1.29, 1.82) is 0 Å². The smallest absolute Gasteiger partial charge is 0.251 e. The Morgan fingerprint density at radius 2 is 1.76 bits per heavy atom. The lowest BCUT2D eigenvalue weighted by Gasteiger charge is -2.26. The van der Waals surface area contributed by atoms with Gasteiger partial charge in [-0.25, -0.2) is 14.4 Å². The summed E-state index contributed by atoms with van der Waals surface area (Å²) in [6, 6.07) is 23.7. The van der Waals surface area contributed by atoms with Gasteiger partial charge in [0.25, 0.3) is 5.91 Å². The van der Waals surface area contributed by atoms with E-state index in [1.807, 2.05) is 73.7 Å². The lowest BCUT2D eigenvalue weighted by Crippen LogP contribution is -2.35. The summed E-state index contributed by atoms with van der Waals surface area (Å²) in [5.74, 6) is -0.460. The number of ether oxygens (including phenoxy) is 1. The third kappa shape index (κ3) is 6.19. The predicted octanol–water partition coefficient (Wildman–Crippen LogP) is 6.39. The average molecular weight is 550 g/mol. The summed E-state index contributed by atoms with van der Waals surface area (Å²) in [4.78, 5) is 24.8. The second-order valence-electron chi connectivity index (χ2n) is 10.4. The van der Waals surface area contributed by atoms with Crippen molar-refractivity contribution in [2.24, 2.45) is 0 Å². The first kappa shape index (κ1) is 26.8. The fourth-order valence-corrected chi connectivity index (χ4v) is 5.20. The Morgan fingerprint density at radius 1 is 0.976 bits per heavy atom. The van der Waals surface area contributed by atoms with E-state index in [2.05, 4.69) is 26.6 Å². The van der Waals surface area contributed by atoms with E-state index < -0.39 is 5.83 Å². The number of allylic oxidation sites excluding steroid dienone is 3. The van der Waals surface area contributed by atoms with Crippen LogP contribution < -0.4 is 10.6 Å². The molecule has 2 aliphatic rings. The summed E-state index contributed by atoms with van der Waals surface area (Å²) >= 11 is 0. The van der Waals surface area contributed by atoms with Gasteiger partial charge in [0.1, 0.15) is 5.83 Å². The molecule has 1 aromatic heterocycles. The zero-order valence-electron chi connectivity index (χ0n) is 23.0. The lowest BCUT2D eigenvalue weighted by atomic mass is 10.0. The molecule has 0 bridgehead atoms. The van der Waals surface area contributed by atoms with Gasteiger partial charge in [0.05, 0.1) is 30.1 Å². The highest BCUT2D eigenvalue weighted by Gasteiger charge is 2.21. The van der Waals surface area contributed by atoms with Crippen molar-refractivity contribution in [2.75, 3.05) is 36.9 Å². The molecule has 1 aliphatic heterocycles. The zero-order chi connectivity index (χ0) is 28.2. The van der Waals surface area contributed by atoms with Crippen molar-refractivity contribution in [3.63, 3.8) is 0 Å². The maximum Gasteiger partial charge on any atom is 0.251 e. The van der Waals surface area contributed by atoms with E-state index in [4.69, 9.17) is 9.72 Å². The van der Waals surface area contributed by atoms with Gasteiger partial charge < -0.3 is 15.4 Å². The number of para-hydroxylation sites is 1. The highest BCUT2D eigenvalue weighted by molar-refractivity contribution is 6.04. The normalized spacial score (nSPS) is 16.0. The number of rotatable bonds is 7. The molecule has 0 spiro atoms. The molecule has 1 amide bonds. The van der Waals surface area contributed by atoms with Crippen LogP contribution in [0.1, 0.15) is 24.0 Å². The molecule has 0 radical (unpaired) electrons. The Hall–Kier alpha value is -4.40. The quantitative estimate of drug-likeness (QED) is 0.278. The van der Waals surface area contributed by atoms with Crippen LogP contribution in [0.25, 0.3) is 22.2 Å². The van der Waals surface area contributed by atoms with Gasteiger partial charge in [-0.3, -0.25) is 9.69 Å². The molecule has 1 saturated heterocycles. The first-order chi connectivity index (χ1) is 20.0. The number of nitrogens with zero attached hydrogens (tertiary/aromatic N) is 3. The Bertz CT molecular complexity index is 1640. The van der Waals surface area contributed by atoms with E-state index in [-0.39, 0.29) is 5.91 Å². The number of fused-ring (bicyclic) bond motifs is 1. The van der Waals surface area contributed by atoms with Gasteiger partial charge in [0.15, 0.2) is 0 Å². The fraction of sp³-hybridized carbons (Fsp3) is 0.242. The van der Waals surface area contributed by atoms with E-state index in [1.165, 1.54) is 6.08 Å². The molecule has 1 fully saturated rings. The summed E-state index contributed by atoms with van der Waals surface area (Å²) in [7, 11) is 0. The molecule has 0 saturated carbocycles. The Balaban J connectivity index is 1.19. The molecule has 208 valence electrons. The molecule has 7 nitrogen and oxygen atoms in total. The second kappa shape index (κ2) is 12.0. The van der Waals surface area contributed by atoms with Crippen LogP contribution in [0.5, 0.6) is 0 Å². The van der Waals surface area contributed by atoms with Crippen LogP contribution in [0, 0.1) is 6.92 Å². The van der Waals surface area contributed by atoms with Crippen LogP contribution >= 0.6 is 0 Å². The van der Waals surface area contributed by atoms with Crippen molar-refractivity contribution in [3.8, 4) is 11.3 Å². The Kier molecular flexibility index (Phi) is 7.84. The topological polar surface area (TPSA) is 79.4 Å². The minimum absolute atomic E-state index is 0.292. The standard InChI is InChI=1S/C33H32FN5O2/c1-22-11-12-23(21-39-15-17-41-18-16-39)19-30(22)35-32(40)25-13-14-29(27(34)20-25)37-33-36-28-10-6-5-9-26(28)31(38-33)24-7-3-2-4-8-24/h2-12,19-20H,13-18,21H2,1H3,(H,35,40)(H,36,37,38). The fourth-order valence-electron chi connectivity index (χ4n) is 5.20. The Labute approximate surface area is 238 Å². The summed E-state index contributed by atoms with van der Waals surface area (Å²) < 4.78 is 20.8. The number of aromatic nitrogens is 2. The van der Waals surface area contributed by atoms with E-state index in [1.54, 1.807) is 0 Å². The predicted molar refractivity (Wildman–Crippen MR) is 160 cm³/mol. The molecule has 4 aromatic rings. The number of morpholine rings is 1. The molecule has 2 heterocycles. The molecule has 3 aromatic carbocycles. The van der Waals surface area contributed by atoms with Gasteiger partial charge in [-0.15, -0.1) is 0 Å². The summed E-state index contributed by atoms with van der Waals surface area (Å²) in [5, 5.41) is 7.02. The van der Waals surface area contributed by atoms with Crippen LogP contribution in [0.15, 0.2) is 96.0 Å². The first-order valence-electron chi connectivity index (χ1n) is 13.9. The second-order valence-corrected chi connectivity index (χ2v) is 10.4. The molecule has 6 rings (SSSR count). The molecule has 8 heteroatoms. The Morgan fingerprint density at radius 3 is 2.56 bits per heavy atom. The van der Waals surface area contributed by atoms with Crippen molar-refractivity contribution in [3.05, 3.63) is 107 Å². The SMILES string of the molecule is Cc1ccc(CN2CCOCC2)cc1NC(=O)C1=CC(F)=C(Nc2nc(-c3ccccc3)c3ccccc3n2)CC1. The number of amides is 1. The van der Waals surface area contributed by atoms with Gasteiger partial charge in [-0.2, -0.15) is 0 Å². The number of benzene rings is 3. The largest absolute Gasteiger partial charge is 0.379 e. The maximum absolute atomic E-state index is 15.3. The maximum atomic E-state index is 15.3. The first-order valence-corrected chi connectivity index (χ1v) is 13.9. The average Bonchev–Trinajstić information content (AvgIpc) is 3.00. The third-order valence-corrected chi connectivity index (χ3v) is 7.50. The minimum Gasteiger partial charge on any atom is -0.379 e. The van der Waals surface area contributed by atoms with Crippen molar-refractivity contribution in [2.45, 2.75) is 26.3 Å². The van der Waals surface area contributed by atoms with Crippen LogP contribution in [0.4, 0.5) is 16.0 Å². The third-order valence-electron chi connectivity index (χ3n) is 7.50. The van der Waals surface area contributed by atoms with E-state index >= 15 is 4.39 Å². The van der Waals surface area contributed by atoms with Crippen LogP contribution in [-0.2, 0) is 16.1 Å². The number of anilines is 2. The molecule has 1 aliphatic carbocycles. The molecule has 41 heavy (non-hydrogen) atoms. The number of carbonyl (C=O) groups is 1. The lowest BCUT2D eigenvalue weighted by molar-refractivity contribution is -0.113. The van der Waals surface area contributed by atoms with Crippen LogP contribution in [0.3, 0.4) is 0 Å². The molecule has 0 atom stereocenters. The monoisotopic (exact) mass is 549 g/mol. The number of halogens is 1. The number of hydrogen-bond acceptors (Lipinski definition) is 6. The van der Waals surface area contributed by atoms with Crippen molar-refractivity contribution >= 4 is 28.4 Å². The highest BCUT2D eigenvalue weighted by Crippen LogP contribution is 2.30. The van der Waals surface area contributed by atoms with Gasteiger partial charge in [0, 0.05) is 41.8 Å². The number of carbonyl (C=O) groups excluding carboxylic acids is 1. The van der Waals surface area contributed by atoms with Crippen molar-refractivity contribution in [1.82, 2.24) is 14.9 Å². The number of hydrogen-bond donors (Lipinski definition) is 2. The molecule has 2 N–H and O–H groups in total. The van der Waals surface area contributed by atoms with Gasteiger partial charge in [-0.05, 0) is 49.1 Å². The number of nitrogens with one attached hydrogen (secondary N) is 2. The molecular weight excluding hydrogens is 517 g/mol. The van der Waals surface area contributed by atoms with Gasteiger partial charge in [-0.1, -0.05) is 60.7 Å². The van der Waals surface area contributed by atoms with E-state index in [0.29, 0.717) is 30.1 Å². The van der Waals surface area contributed by atoms with Crippen molar-refractivity contribution < 1.29 is 13.9 Å². The van der Waals surface area contributed by atoms with E-state index in [0.717, 1.165) is 71.8 Å².